The van der Waals surface area contributed by atoms with Crippen LogP contribution >= 0.6 is 0 Å². The van der Waals surface area contributed by atoms with Crippen LogP contribution in [0.25, 0.3) is 11.0 Å². The van der Waals surface area contributed by atoms with Gasteiger partial charge in [0.15, 0.2) is 12.1 Å². The topological polar surface area (TPSA) is 115 Å². The summed E-state index contributed by atoms with van der Waals surface area (Å²) in [5.41, 5.74) is 2.28. The molecular weight excluding hydrogens is 522 g/mol. The summed E-state index contributed by atoms with van der Waals surface area (Å²) < 4.78 is 12.8. The number of ether oxygens (including phenoxy) is 2. The number of nitrogens with zero attached hydrogens (tertiary/aromatic N) is 6. The molecule has 0 bridgehead atoms. The predicted octanol–water partition coefficient (Wildman–Crippen LogP) is 3.83. The van der Waals surface area contributed by atoms with Crippen LogP contribution in [0.3, 0.4) is 0 Å². The molecule has 3 fully saturated rings. The van der Waals surface area contributed by atoms with Crippen molar-refractivity contribution in [2.24, 2.45) is 0 Å². The predicted molar refractivity (Wildman–Crippen MR) is 157 cm³/mol. The number of fused-ring (bicyclic) bond motifs is 1. The lowest BCUT2D eigenvalue weighted by atomic mass is 10.0. The summed E-state index contributed by atoms with van der Waals surface area (Å²) in [5, 5.41) is 3.94. The van der Waals surface area contributed by atoms with Gasteiger partial charge in [0.2, 0.25) is 5.95 Å². The highest BCUT2D eigenvalue weighted by Crippen LogP contribution is 2.32. The first-order valence-electron chi connectivity index (χ1n) is 14.8. The Bertz CT molecular complexity index is 1440. The maximum Gasteiger partial charge on any atom is 0.263 e. The van der Waals surface area contributed by atoms with E-state index in [1.807, 2.05) is 12.3 Å². The van der Waals surface area contributed by atoms with E-state index in [-0.39, 0.29) is 29.2 Å². The molecule has 11 nitrogen and oxygen atoms in total. The number of anilines is 3. The van der Waals surface area contributed by atoms with Crippen molar-refractivity contribution in [3.05, 3.63) is 46.0 Å². The molecule has 3 aliphatic rings. The summed E-state index contributed by atoms with van der Waals surface area (Å²) in [6.07, 6.45) is 9.55. The molecule has 218 valence electrons. The van der Waals surface area contributed by atoms with Gasteiger partial charge in [-0.15, -0.1) is 0 Å². The van der Waals surface area contributed by atoms with E-state index in [0.717, 1.165) is 82.3 Å². The molecule has 2 aliphatic heterocycles. The first-order chi connectivity index (χ1) is 20.0. The SMILES string of the molecule is CC(=O)c1c(C)c2cnc(Nc3ccc(N4CCN(CCCC5OCCO5)CC4)cn3)nc2n(C2CCCC2)c1=O. The van der Waals surface area contributed by atoms with Gasteiger partial charge in [0, 0.05) is 43.8 Å². The van der Waals surface area contributed by atoms with E-state index in [1.54, 1.807) is 17.7 Å². The fraction of sp³-hybridized carbons (Fsp3) is 0.567. The minimum atomic E-state index is -0.251. The van der Waals surface area contributed by atoms with Crippen LogP contribution < -0.4 is 15.8 Å². The Labute approximate surface area is 239 Å². The standard InChI is InChI=1S/C30H39N7O4/c1-20-24-19-32-30(34-28(24)37(22-6-3-4-7-22)29(39)27(20)21(2)38)33-25-10-9-23(18-31-25)36-14-12-35(13-15-36)11-5-8-26-40-16-17-41-26/h9-10,18-19,22,26H,3-8,11-17H2,1-2H3,(H,31,32,33,34). The second-order valence-electron chi connectivity index (χ2n) is 11.3. The number of ketones is 1. The zero-order valence-electron chi connectivity index (χ0n) is 24.0. The summed E-state index contributed by atoms with van der Waals surface area (Å²) in [6.45, 7) is 9.70. The van der Waals surface area contributed by atoms with Crippen LogP contribution in [-0.2, 0) is 9.47 Å². The van der Waals surface area contributed by atoms with Crippen molar-refractivity contribution in [2.45, 2.75) is 64.7 Å². The summed E-state index contributed by atoms with van der Waals surface area (Å²) in [4.78, 5) is 44.6. The molecule has 0 spiro atoms. The van der Waals surface area contributed by atoms with E-state index < -0.39 is 0 Å². The van der Waals surface area contributed by atoms with Crippen molar-refractivity contribution in [2.75, 3.05) is 56.2 Å². The third-order valence-corrected chi connectivity index (χ3v) is 8.58. The Morgan fingerprint density at radius 2 is 1.80 bits per heavy atom. The van der Waals surface area contributed by atoms with Gasteiger partial charge >= 0.3 is 0 Å². The van der Waals surface area contributed by atoms with Crippen LogP contribution in [0.15, 0.2) is 29.3 Å². The van der Waals surface area contributed by atoms with Crippen LogP contribution in [-0.4, -0.2) is 82.4 Å². The Morgan fingerprint density at radius 3 is 2.49 bits per heavy atom. The number of nitrogens with one attached hydrogen (secondary N) is 1. The third-order valence-electron chi connectivity index (χ3n) is 8.58. The van der Waals surface area contributed by atoms with E-state index in [9.17, 15) is 9.59 Å². The molecule has 0 unspecified atom stereocenters. The molecule has 1 saturated carbocycles. The number of piperazine rings is 1. The van der Waals surface area contributed by atoms with Crippen molar-refractivity contribution >= 4 is 34.3 Å². The molecule has 6 rings (SSSR count). The average molecular weight is 562 g/mol. The normalized spacial score (nSPS) is 18.9. The number of carbonyl (C=O) groups is 1. The zero-order chi connectivity index (χ0) is 28.3. The maximum absolute atomic E-state index is 13.4. The molecule has 0 aromatic carbocycles. The van der Waals surface area contributed by atoms with Gasteiger partial charge in [-0.25, -0.2) is 9.97 Å². The van der Waals surface area contributed by atoms with E-state index in [4.69, 9.17) is 14.5 Å². The molecule has 1 N–H and O–H groups in total. The number of rotatable bonds is 9. The molecule has 0 amide bonds. The highest BCUT2D eigenvalue weighted by Gasteiger charge is 2.26. The number of aromatic nitrogens is 4. The minimum Gasteiger partial charge on any atom is -0.368 e. The summed E-state index contributed by atoms with van der Waals surface area (Å²) in [5.74, 6) is 0.786. The highest BCUT2D eigenvalue weighted by molar-refractivity contribution is 5.99. The minimum absolute atomic E-state index is 0.0181. The number of hydrogen-bond donors (Lipinski definition) is 1. The third kappa shape index (κ3) is 5.98. The van der Waals surface area contributed by atoms with Crippen LogP contribution in [0.4, 0.5) is 17.5 Å². The highest BCUT2D eigenvalue weighted by atomic mass is 16.7. The monoisotopic (exact) mass is 561 g/mol. The second-order valence-corrected chi connectivity index (χ2v) is 11.3. The number of carbonyl (C=O) groups excluding carboxylic acids is 1. The number of hydrogen-bond acceptors (Lipinski definition) is 10. The Hall–Kier alpha value is -3.41. The molecule has 41 heavy (non-hydrogen) atoms. The molecule has 11 heteroatoms. The number of aryl methyl sites for hydroxylation is 1. The second kappa shape index (κ2) is 12.2. The van der Waals surface area contributed by atoms with E-state index >= 15 is 0 Å². The van der Waals surface area contributed by atoms with Gasteiger partial charge in [0.25, 0.3) is 5.56 Å². The van der Waals surface area contributed by atoms with Crippen LogP contribution in [0.2, 0.25) is 0 Å². The lowest BCUT2D eigenvalue weighted by Crippen LogP contribution is -2.46. The maximum atomic E-state index is 13.4. The first-order valence-corrected chi connectivity index (χ1v) is 14.8. The van der Waals surface area contributed by atoms with Gasteiger partial charge in [-0.05, 0) is 63.8 Å². The molecular formula is C30H39N7O4. The van der Waals surface area contributed by atoms with Gasteiger partial charge in [-0.1, -0.05) is 12.8 Å². The zero-order valence-corrected chi connectivity index (χ0v) is 24.0. The molecule has 3 aromatic rings. The lowest BCUT2D eigenvalue weighted by Gasteiger charge is -2.36. The van der Waals surface area contributed by atoms with Crippen molar-refractivity contribution < 1.29 is 14.3 Å². The van der Waals surface area contributed by atoms with E-state index in [2.05, 4.69) is 31.2 Å². The molecule has 3 aromatic heterocycles. The van der Waals surface area contributed by atoms with Gasteiger partial charge in [-0.2, -0.15) is 4.98 Å². The summed E-state index contributed by atoms with van der Waals surface area (Å²) in [7, 11) is 0. The van der Waals surface area contributed by atoms with E-state index in [0.29, 0.717) is 36.2 Å². The first kappa shape index (κ1) is 27.7. The summed E-state index contributed by atoms with van der Waals surface area (Å²) >= 11 is 0. The van der Waals surface area contributed by atoms with Crippen molar-refractivity contribution in [3.8, 4) is 0 Å². The quantitative estimate of drug-likeness (QED) is 0.387. The van der Waals surface area contributed by atoms with Crippen LogP contribution in [0.5, 0.6) is 0 Å². The van der Waals surface area contributed by atoms with Gasteiger partial charge in [0.1, 0.15) is 11.5 Å². The molecule has 5 heterocycles. The largest absolute Gasteiger partial charge is 0.368 e. The Kier molecular flexibility index (Phi) is 8.27. The Morgan fingerprint density at radius 1 is 1.05 bits per heavy atom. The number of Topliss-reactive ketones (excluding diaryl/α,β-unsaturated/α-hetero) is 1. The van der Waals surface area contributed by atoms with Crippen molar-refractivity contribution in [1.29, 1.82) is 0 Å². The lowest BCUT2D eigenvalue weighted by molar-refractivity contribution is -0.0488. The number of pyridine rings is 2. The van der Waals surface area contributed by atoms with Crippen LogP contribution in [0.1, 0.15) is 67.4 Å². The Balaban J connectivity index is 1.12. The van der Waals surface area contributed by atoms with Gasteiger partial charge in [0.05, 0.1) is 30.7 Å². The van der Waals surface area contributed by atoms with Gasteiger partial charge in [-0.3, -0.25) is 19.1 Å². The summed E-state index contributed by atoms with van der Waals surface area (Å²) in [6, 6.07) is 4.04. The van der Waals surface area contributed by atoms with E-state index in [1.165, 1.54) is 6.92 Å². The molecule has 0 atom stereocenters. The molecule has 2 saturated heterocycles. The van der Waals surface area contributed by atoms with Crippen molar-refractivity contribution in [3.63, 3.8) is 0 Å². The molecule has 1 aliphatic carbocycles. The fourth-order valence-corrected chi connectivity index (χ4v) is 6.36. The van der Waals surface area contributed by atoms with Crippen LogP contribution in [0, 0.1) is 6.92 Å². The fourth-order valence-electron chi connectivity index (χ4n) is 6.36. The smallest absolute Gasteiger partial charge is 0.263 e. The van der Waals surface area contributed by atoms with Crippen molar-refractivity contribution in [1.82, 2.24) is 24.4 Å². The van der Waals surface area contributed by atoms with Gasteiger partial charge < -0.3 is 19.7 Å². The molecule has 0 radical (unpaired) electrons. The average Bonchev–Trinajstić information content (AvgIpc) is 3.69.